The van der Waals surface area contributed by atoms with Crippen LogP contribution in [0.5, 0.6) is 5.75 Å². The van der Waals surface area contributed by atoms with E-state index in [0.717, 1.165) is 20.1 Å². The Labute approximate surface area is 110 Å². The summed E-state index contributed by atoms with van der Waals surface area (Å²) in [5.74, 6) is -0.722. The number of phenols is 1. The van der Waals surface area contributed by atoms with Crippen molar-refractivity contribution in [3.63, 3.8) is 0 Å². The number of thiazole rings is 1. The van der Waals surface area contributed by atoms with Crippen molar-refractivity contribution in [1.82, 2.24) is 4.98 Å². The van der Waals surface area contributed by atoms with Crippen molar-refractivity contribution >= 4 is 38.9 Å². The summed E-state index contributed by atoms with van der Waals surface area (Å²) in [5.41, 5.74) is 0.804. The van der Waals surface area contributed by atoms with Crippen molar-refractivity contribution in [2.75, 3.05) is 0 Å². The monoisotopic (exact) mass is 277 g/mol. The topological polar surface area (TPSA) is 70.4 Å². The van der Waals surface area contributed by atoms with Gasteiger partial charge in [-0.15, -0.1) is 22.7 Å². The average Bonchev–Trinajstić information content (AvgIpc) is 2.93. The van der Waals surface area contributed by atoms with Crippen LogP contribution in [-0.4, -0.2) is 21.2 Å². The first-order valence-electron chi connectivity index (χ1n) is 5.06. The summed E-state index contributed by atoms with van der Waals surface area (Å²) in [6.07, 6.45) is 0. The number of nitrogens with zero attached hydrogens (tertiary/aromatic N) is 1. The summed E-state index contributed by atoms with van der Waals surface area (Å²) in [6.45, 7) is 0. The molecule has 1 aromatic carbocycles. The van der Waals surface area contributed by atoms with Gasteiger partial charge >= 0.3 is 5.97 Å². The van der Waals surface area contributed by atoms with Crippen LogP contribution in [0.15, 0.2) is 30.3 Å². The van der Waals surface area contributed by atoms with E-state index in [-0.39, 0.29) is 5.75 Å². The van der Waals surface area contributed by atoms with Crippen molar-refractivity contribution in [3.8, 4) is 15.6 Å². The molecule has 6 heteroatoms. The lowest BCUT2D eigenvalue weighted by Gasteiger charge is -1.87. The van der Waals surface area contributed by atoms with Crippen molar-refractivity contribution in [2.45, 2.75) is 0 Å². The first-order chi connectivity index (χ1) is 8.63. The minimum atomic E-state index is -0.926. The molecule has 4 nitrogen and oxygen atoms in total. The van der Waals surface area contributed by atoms with Crippen LogP contribution in [0.3, 0.4) is 0 Å². The van der Waals surface area contributed by atoms with Gasteiger partial charge in [0.15, 0.2) is 0 Å². The fourth-order valence-corrected chi connectivity index (χ4v) is 3.48. The highest BCUT2D eigenvalue weighted by atomic mass is 32.1. The number of carbonyl (C=O) groups is 1. The lowest BCUT2D eigenvalue weighted by Crippen LogP contribution is -1.89. The first kappa shape index (κ1) is 11.2. The molecule has 0 fully saturated rings. The normalized spacial score (nSPS) is 10.9. The number of aromatic carboxylic acids is 1. The van der Waals surface area contributed by atoms with Crippen LogP contribution in [0, 0.1) is 0 Å². The fraction of sp³-hybridized carbons (Fsp3) is 0. The number of aromatic nitrogens is 1. The number of hydrogen-bond donors (Lipinski definition) is 2. The zero-order valence-corrected chi connectivity index (χ0v) is 10.6. The smallest absolute Gasteiger partial charge is 0.345 e. The molecular weight excluding hydrogens is 270 g/mol. The zero-order valence-electron chi connectivity index (χ0n) is 8.95. The van der Waals surface area contributed by atoms with E-state index in [4.69, 9.17) is 5.11 Å². The highest BCUT2D eigenvalue weighted by Gasteiger charge is 2.12. The Morgan fingerprint density at radius 2 is 2.00 bits per heavy atom. The maximum absolute atomic E-state index is 10.8. The Morgan fingerprint density at radius 1 is 1.17 bits per heavy atom. The third-order valence-electron chi connectivity index (χ3n) is 2.40. The van der Waals surface area contributed by atoms with Crippen molar-refractivity contribution in [1.29, 1.82) is 0 Å². The molecular formula is C12H7NO3S2. The third kappa shape index (κ3) is 1.85. The summed E-state index contributed by atoms with van der Waals surface area (Å²) in [5, 5.41) is 19.0. The van der Waals surface area contributed by atoms with Gasteiger partial charge in [0.2, 0.25) is 0 Å². The van der Waals surface area contributed by atoms with Gasteiger partial charge in [-0.2, -0.15) is 0 Å². The third-order valence-corrected chi connectivity index (χ3v) is 4.66. The number of benzene rings is 1. The largest absolute Gasteiger partial charge is 0.508 e. The van der Waals surface area contributed by atoms with Gasteiger partial charge in [0, 0.05) is 0 Å². The van der Waals surface area contributed by atoms with E-state index in [9.17, 15) is 9.90 Å². The molecule has 2 aromatic heterocycles. The lowest BCUT2D eigenvalue weighted by molar-refractivity contribution is 0.0702. The maximum atomic E-state index is 10.8. The van der Waals surface area contributed by atoms with Gasteiger partial charge in [-0.1, -0.05) is 0 Å². The lowest BCUT2D eigenvalue weighted by atomic mass is 10.3. The van der Waals surface area contributed by atoms with E-state index < -0.39 is 5.97 Å². The first-order valence-corrected chi connectivity index (χ1v) is 6.70. The van der Waals surface area contributed by atoms with Gasteiger partial charge in [-0.25, -0.2) is 9.78 Å². The second-order valence-electron chi connectivity index (χ2n) is 3.64. The number of carboxylic acids is 1. The van der Waals surface area contributed by atoms with Crippen LogP contribution >= 0.6 is 22.7 Å². The molecule has 0 saturated carbocycles. The van der Waals surface area contributed by atoms with Crippen molar-refractivity contribution in [2.24, 2.45) is 0 Å². The standard InChI is InChI=1S/C12H7NO3S2/c14-6-1-2-7-10(5-6)18-11(13-7)8-3-4-9(17-8)12(15)16/h1-5,14H,(H,15,16). The molecule has 0 spiro atoms. The molecule has 0 saturated heterocycles. The van der Waals surface area contributed by atoms with Crippen LogP contribution < -0.4 is 0 Å². The second kappa shape index (κ2) is 4.08. The van der Waals surface area contributed by atoms with Gasteiger partial charge in [-0.05, 0) is 30.3 Å². The van der Waals surface area contributed by atoms with Gasteiger partial charge in [-0.3, -0.25) is 0 Å². The van der Waals surface area contributed by atoms with Crippen molar-refractivity contribution in [3.05, 3.63) is 35.2 Å². The van der Waals surface area contributed by atoms with Crippen LogP contribution in [0.25, 0.3) is 20.1 Å². The summed E-state index contributed by atoms with van der Waals surface area (Å²) in [6, 6.07) is 8.32. The molecule has 18 heavy (non-hydrogen) atoms. The molecule has 0 atom stereocenters. The quantitative estimate of drug-likeness (QED) is 0.753. The summed E-state index contributed by atoms with van der Waals surface area (Å²) >= 11 is 2.64. The number of fused-ring (bicyclic) bond motifs is 1. The molecule has 0 aliphatic carbocycles. The van der Waals surface area contributed by atoms with Crippen LogP contribution in [0.2, 0.25) is 0 Å². The highest BCUT2D eigenvalue weighted by molar-refractivity contribution is 7.26. The van der Waals surface area contributed by atoms with Gasteiger partial charge < -0.3 is 10.2 Å². The molecule has 0 amide bonds. The SMILES string of the molecule is O=C(O)c1ccc(-c2nc3ccc(O)cc3s2)s1. The second-order valence-corrected chi connectivity index (χ2v) is 5.75. The van der Waals surface area contributed by atoms with Crippen molar-refractivity contribution < 1.29 is 15.0 Å². The number of hydrogen-bond acceptors (Lipinski definition) is 5. The molecule has 3 aromatic rings. The molecule has 2 N–H and O–H groups in total. The summed E-state index contributed by atoms with van der Waals surface area (Å²) in [7, 11) is 0. The minimum Gasteiger partial charge on any atom is -0.508 e. The van der Waals surface area contributed by atoms with Gasteiger partial charge in [0.05, 0.1) is 15.1 Å². The van der Waals surface area contributed by atoms with E-state index in [1.165, 1.54) is 22.7 Å². The number of phenolic OH excluding ortho intramolecular Hbond substituents is 1. The average molecular weight is 277 g/mol. The molecule has 0 unspecified atom stereocenters. The summed E-state index contributed by atoms with van der Waals surface area (Å²) in [4.78, 5) is 16.4. The Morgan fingerprint density at radius 3 is 2.72 bits per heavy atom. The van der Waals surface area contributed by atoms with Crippen LogP contribution in [0.4, 0.5) is 0 Å². The Kier molecular flexibility index (Phi) is 2.53. The molecule has 3 rings (SSSR count). The highest BCUT2D eigenvalue weighted by Crippen LogP contribution is 2.35. The summed E-state index contributed by atoms with van der Waals surface area (Å²) < 4.78 is 0.885. The van der Waals surface area contributed by atoms with E-state index in [2.05, 4.69) is 4.98 Å². The molecule has 0 bridgehead atoms. The molecule has 2 heterocycles. The van der Waals surface area contributed by atoms with E-state index in [1.54, 1.807) is 30.3 Å². The van der Waals surface area contributed by atoms with Gasteiger partial charge in [0.25, 0.3) is 0 Å². The molecule has 90 valence electrons. The number of carboxylic acid groups (broad SMARTS) is 1. The molecule has 0 radical (unpaired) electrons. The minimum absolute atomic E-state index is 0.204. The number of rotatable bonds is 2. The van der Waals surface area contributed by atoms with E-state index in [1.807, 2.05) is 0 Å². The molecule has 0 aliphatic heterocycles. The van der Waals surface area contributed by atoms with E-state index in [0.29, 0.717) is 4.88 Å². The number of thiophene rings is 1. The van der Waals surface area contributed by atoms with Crippen LogP contribution in [0.1, 0.15) is 9.67 Å². The van der Waals surface area contributed by atoms with Crippen LogP contribution in [-0.2, 0) is 0 Å². The fourth-order valence-electron chi connectivity index (χ4n) is 1.59. The predicted octanol–water partition coefficient (Wildman–Crippen LogP) is 3.43. The molecule has 0 aliphatic rings. The zero-order chi connectivity index (χ0) is 12.7. The number of aromatic hydroxyl groups is 1. The Bertz CT molecular complexity index is 745. The predicted molar refractivity (Wildman–Crippen MR) is 71.6 cm³/mol. The van der Waals surface area contributed by atoms with E-state index >= 15 is 0 Å². The maximum Gasteiger partial charge on any atom is 0.345 e. The Hall–Kier alpha value is -1.92. The van der Waals surface area contributed by atoms with Gasteiger partial charge in [0.1, 0.15) is 15.6 Å². The Balaban J connectivity index is 2.10.